The number of thiophene rings is 1. The zero-order valence-electron chi connectivity index (χ0n) is 16.3. The second-order valence-corrected chi connectivity index (χ2v) is 9.81. The summed E-state index contributed by atoms with van der Waals surface area (Å²) in [5.41, 5.74) is 0. The largest absolute Gasteiger partial charge is 0.374 e. The first kappa shape index (κ1) is 18.0. The number of piperidine rings is 1. The third kappa shape index (κ3) is 3.64. The van der Waals surface area contributed by atoms with Gasteiger partial charge in [0.25, 0.3) is 0 Å². The molecule has 4 aliphatic heterocycles. The standard InChI is InChI=1S/C21H32N4OS/c1-22-21(25-13-17-18(14-25)20-7-6-19(17)26-20)23-10-15-4-2-8-24(11-15)12-16-5-3-9-27-16/h3,5,9,15,17-20H,2,4,6-8,10-14H2,1H3,(H,22,23). The molecule has 0 aliphatic carbocycles. The average molecular weight is 389 g/mol. The third-order valence-electron chi connectivity index (χ3n) is 7.08. The normalized spacial score (nSPS) is 36.4. The Kier molecular flexibility index (Phi) is 5.13. The lowest BCUT2D eigenvalue weighted by Gasteiger charge is -2.33. The Balaban J connectivity index is 1.12. The summed E-state index contributed by atoms with van der Waals surface area (Å²) in [6.07, 6.45) is 6.22. The van der Waals surface area contributed by atoms with Gasteiger partial charge in [0.05, 0.1) is 12.2 Å². The van der Waals surface area contributed by atoms with E-state index < -0.39 is 0 Å². The van der Waals surface area contributed by atoms with E-state index in [0.717, 1.165) is 49.9 Å². The van der Waals surface area contributed by atoms with Gasteiger partial charge in [-0.2, -0.15) is 0 Å². The highest BCUT2D eigenvalue weighted by atomic mass is 32.1. The van der Waals surface area contributed by atoms with Crippen molar-refractivity contribution in [3.63, 3.8) is 0 Å². The molecule has 6 heteroatoms. The van der Waals surface area contributed by atoms with E-state index in [9.17, 15) is 0 Å². The highest BCUT2D eigenvalue weighted by molar-refractivity contribution is 7.09. The van der Waals surface area contributed by atoms with Crippen molar-refractivity contribution in [3.05, 3.63) is 22.4 Å². The minimum Gasteiger partial charge on any atom is -0.374 e. The van der Waals surface area contributed by atoms with Crippen molar-refractivity contribution in [2.24, 2.45) is 22.7 Å². The van der Waals surface area contributed by atoms with Gasteiger partial charge in [-0.3, -0.25) is 9.89 Å². The van der Waals surface area contributed by atoms with E-state index in [0.29, 0.717) is 12.2 Å². The van der Waals surface area contributed by atoms with E-state index in [4.69, 9.17) is 4.74 Å². The molecule has 5 rings (SSSR count). The number of guanidine groups is 1. The van der Waals surface area contributed by atoms with Crippen LogP contribution in [0.25, 0.3) is 0 Å². The molecule has 27 heavy (non-hydrogen) atoms. The van der Waals surface area contributed by atoms with Crippen molar-refractivity contribution in [1.29, 1.82) is 0 Å². The molecule has 148 valence electrons. The maximum atomic E-state index is 6.12. The van der Waals surface area contributed by atoms with Gasteiger partial charge < -0.3 is 15.0 Å². The van der Waals surface area contributed by atoms with Crippen molar-refractivity contribution in [1.82, 2.24) is 15.1 Å². The molecule has 0 amide bonds. The van der Waals surface area contributed by atoms with Crippen LogP contribution in [0.1, 0.15) is 30.6 Å². The van der Waals surface area contributed by atoms with Gasteiger partial charge in [0.15, 0.2) is 5.96 Å². The minimum atomic E-state index is 0.521. The predicted octanol–water partition coefficient (Wildman–Crippen LogP) is 2.64. The lowest BCUT2D eigenvalue weighted by molar-refractivity contribution is 0.0766. The summed E-state index contributed by atoms with van der Waals surface area (Å²) < 4.78 is 6.12. The average Bonchev–Trinajstić information content (AvgIpc) is 3.45. The maximum Gasteiger partial charge on any atom is 0.193 e. The molecule has 5 nitrogen and oxygen atoms in total. The SMILES string of the molecule is CN=C(NCC1CCCN(Cc2cccs2)C1)N1CC2C3CCC(O3)C2C1. The van der Waals surface area contributed by atoms with Crippen molar-refractivity contribution < 1.29 is 4.74 Å². The van der Waals surface area contributed by atoms with Crippen molar-refractivity contribution in [2.75, 3.05) is 39.8 Å². The second kappa shape index (κ2) is 7.72. The zero-order valence-corrected chi connectivity index (χ0v) is 17.2. The van der Waals surface area contributed by atoms with Crippen LogP contribution in [0.2, 0.25) is 0 Å². The van der Waals surface area contributed by atoms with Gasteiger partial charge in [-0.15, -0.1) is 11.3 Å². The number of aliphatic imine (C=N–C) groups is 1. The highest BCUT2D eigenvalue weighted by Gasteiger charge is 2.53. The number of fused-ring (bicyclic) bond motifs is 5. The van der Waals surface area contributed by atoms with Gasteiger partial charge in [-0.05, 0) is 49.6 Å². The molecule has 0 radical (unpaired) electrons. The Morgan fingerprint density at radius 3 is 2.74 bits per heavy atom. The van der Waals surface area contributed by atoms with Gasteiger partial charge in [-0.25, -0.2) is 0 Å². The minimum absolute atomic E-state index is 0.521. The van der Waals surface area contributed by atoms with Crippen LogP contribution in [-0.2, 0) is 11.3 Å². The second-order valence-electron chi connectivity index (χ2n) is 8.77. The Bertz CT molecular complexity index is 645. The fourth-order valence-corrected chi connectivity index (χ4v) is 6.53. The lowest BCUT2D eigenvalue weighted by atomic mass is 9.82. The van der Waals surface area contributed by atoms with Crippen LogP contribution >= 0.6 is 11.3 Å². The molecule has 5 heterocycles. The van der Waals surface area contributed by atoms with Gasteiger partial charge in [0.2, 0.25) is 0 Å². The van der Waals surface area contributed by atoms with Crippen molar-refractivity contribution in [3.8, 4) is 0 Å². The first-order chi connectivity index (χ1) is 13.3. The number of nitrogens with zero attached hydrogens (tertiary/aromatic N) is 3. The molecule has 1 aromatic heterocycles. The lowest BCUT2D eigenvalue weighted by Crippen LogP contribution is -2.45. The zero-order chi connectivity index (χ0) is 18.2. The smallest absolute Gasteiger partial charge is 0.193 e. The van der Waals surface area contributed by atoms with Crippen LogP contribution in [-0.4, -0.2) is 67.7 Å². The summed E-state index contributed by atoms with van der Waals surface area (Å²) in [5.74, 6) is 3.30. The van der Waals surface area contributed by atoms with E-state index in [1.54, 1.807) is 0 Å². The summed E-state index contributed by atoms with van der Waals surface area (Å²) in [6, 6.07) is 4.42. The molecule has 4 saturated heterocycles. The van der Waals surface area contributed by atoms with Crippen LogP contribution in [0.4, 0.5) is 0 Å². The van der Waals surface area contributed by atoms with Crippen LogP contribution < -0.4 is 5.32 Å². The molecule has 0 aromatic carbocycles. The Hall–Kier alpha value is -1.11. The Labute approximate surface area is 166 Å². The third-order valence-corrected chi connectivity index (χ3v) is 7.94. The van der Waals surface area contributed by atoms with Gasteiger partial charge in [0.1, 0.15) is 0 Å². The van der Waals surface area contributed by atoms with Gasteiger partial charge >= 0.3 is 0 Å². The van der Waals surface area contributed by atoms with E-state index >= 15 is 0 Å². The first-order valence-corrected chi connectivity index (χ1v) is 11.5. The van der Waals surface area contributed by atoms with Gasteiger partial charge in [0, 0.05) is 56.5 Å². The topological polar surface area (TPSA) is 40.1 Å². The van der Waals surface area contributed by atoms with E-state index in [-0.39, 0.29) is 0 Å². The molecule has 0 spiro atoms. The summed E-state index contributed by atoms with van der Waals surface area (Å²) in [7, 11) is 1.94. The van der Waals surface area contributed by atoms with Crippen molar-refractivity contribution in [2.45, 2.75) is 44.4 Å². The quantitative estimate of drug-likeness (QED) is 0.636. The summed E-state index contributed by atoms with van der Waals surface area (Å²) in [6.45, 7) is 6.85. The first-order valence-electron chi connectivity index (χ1n) is 10.7. The molecule has 1 aromatic rings. The summed E-state index contributed by atoms with van der Waals surface area (Å²) in [5, 5.41) is 5.90. The van der Waals surface area contributed by atoms with Crippen LogP contribution in [0.15, 0.2) is 22.5 Å². The molecular weight excluding hydrogens is 356 g/mol. The van der Waals surface area contributed by atoms with Crippen molar-refractivity contribution >= 4 is 17.3 Å². The molecule has 5 unspecified atom stereocenters. The number of rotatable bonds is 4. The van der Waals surface area contributed by atoms with Gasteiger partial charge in [-0.1, -0.05) is 6.07 Å². The number of likely N-dealkylation sites (tertiary alicyclic amines) is 2. The molecule has 1 N–H and O–H groups in total. The molecular formula is C21H32N4OS. The molecule has 4 fully saturated rings. The van der Waals surface area contributed by atoms with E-state index in [2.05, 4.69) is 37.6 Å². The van der Waals surface area contributed by atoms with Crippen LogP contribution in [0.5, 0.6) is 0 Å². The molecule has 0 saturated carbocycles. The number of ether oxygens (including phenoxy) is 1. The van der Waals surface area contributed by atoms with Crippen LogP contribution in [0.3, 0.4) is 0 Å². The van der Waals surface area contributed by atoms with E-state index in [1.165, 1.54) is 43.6 Å². The Morgan fingerprint density at radius 2 is 2.04 bits per heavy atom. The summed E-state index contributed by atoms with van der Waals surface area (Å²) >= 11 is 1.88. The molecule has 5 atom stereocenters. The highest BCUT2D eigenvalue weighted by Crippen LogP contribution is 2.47. The number of hydrogen-bond donors (Lipinski definition) is 1. The molecule has 4 aliphatic rings. The Morgan fingerprint density at radius 1 is 1.22 bits per heavy atom. The predicted molar refractivity (Wildman–Crippen MR) is 110 cm³/mol. The molecule has 2 bridgehead atoms. The van der Waals surface area contributed by atoms with Crippen LogP contribution in [0, 0.1) is 17.8 Å². The fourth-order valence-electron chi connectivity index (χ4n) is 5.79. The fraction of sp³-hybridized carbons (Fsp3) is 0.762. The summed E-state index contributed by atoms with van der Waals surface area (Å²) in [4.78, 5) is 11.2. The number of hydrogen-bond acceptors (Lipinski definition) is 4. The number of nitrogens with one attached hydrogen (secondary N) is 1. The van der Waals surface area contributed by atoms with E-state index in [1.807, 2.05) is 18.4 Å². The monoisotopic (exact) mass is 388 g/mol. The maximum absolute atomic E-state index is 6.12.